The van der Waals surface area contributed by atoms with E-state index in [-0.39, 0.29) is 31.4 Å². The Morgan fingerprint density at radius 2 is 1.80 bits per heavy atom. The molecule has 0 aromatic heterocycles. The summed E-state index contributed by atoms with van der Waals surface area (Å²) in [6, 6.07) is 8.77. The number of Topliss-reactive ketones (excluding diaryl/α,β-unsaturated/α-hetero) is 1. The van der Waals surface area contributed by atoms with Crippen molar-refractivity contribution in [2.24, 2.45) is 0 Å². The number of aliphatic hydroxyl groups excluding tert-OH is 1. The summed E-state index contributed by atoms with van der Waals surface area (Å²) in [6.45, 7) is 6.56. The molecule has 0 radical (unpaired) electrons. The monoisotopic (exact) mass is 348 g/mol. The Bertz CT molecular complexity index is 589. The Morgan fingerprint density at radius 1 is 1.16 bits per heavy atom. The molecule has 0 fully saturated rings. The van der Waals surface area contributed by atoms with Crippen molar-refractivity contribution in [3.8, 4) is 0 Å². The fourth-order valence-electron chi connectivity index (χ4n) is 1.44. The molecule has 0 unspecified atom stereocenters. The van der Waals surface area contributed by atoms with E-state index in [0.717, 1.165) is 6.26 Å². The van der Waals surface area contributed by atoms with Crippen molar-refractivity contribution in [3.63, 3.8) is 0 Å². The molecule has 0 spiro atoms. The van der Waals surface area contributed by atoms with Crippen molar-refractivity contribution in [1.82, 2.24) is 0 Å². The Morgan fingerprint density at radius 3 is 2.32 bits per heavy atom. The van der Waals surface area contributed by atoms with E-state index < -0.39 is 5.97 Å². The van der Waals surface area contributed by atoms with Gasteiger partial charge in [-0.2, -0.15) is 0 Å². The summed E-state index contributed by atoms with van der Waals surface area (Å²) in [5.41, 5.74) is 0.963. The van der Waals surface area contributed by atoms with Gasteiger partial charge in [-0.15, -0.1) is 0 Å². The van der Waals surface area contributed by atoms with Crippen LogP contribution in [0.1, 0.15) is 37.0 Å². The standard InChI is InChI=1S/C10H16O4.C9H8O2/c1-8(4-5-9(2)12)10(13)14-7-3-6-11;1-2-11-9(10)8-6-4-3-5-7-8/h4,11H,3,5-7H2,1-2H3;2-7H,1H2. The van der Waals surface area contributed by atoms with Gasteiger partial charge in [0, 0.05) is 25.0 Å². The van der Waals surface area contributed by atoms with Gasteiger partial charge in [0.2, 0.25) is 0 Å². The van der Waals surface area contributed by atoms with Gasteiger partial charge in [-0.3, -0.25) is 4.79 Å². The lowest BCUT2D eigenvalue weighted by Crippen LogP contribution is -2.08. The number of carbonyl (C=O) groups is 3. The molecule has 0 amide bonds. The minimum atomic E-state index is -0.431. The third kappa shape index (κ3) is 11.4. The van der Waals surface area contributed by atoms with Gasteiger partial charge in [-0.05, 0) is 26.0 Å². The van der Waals surface area contributed by atoms with Crippen LogP contribution in [0.15, 0.2) is 54.8 Å². The highest BCUT2D eigenvalue weighted by molar-refractivity contribution is 5.89. The maximum absolute atomic E-state index is 11.1. The van der Waals surface area contributed by atoms with E-state index >= 15 is 0 Å². The fourth-order valence-corrected chi connectivity index (χ4v) is 1.44. The summed E-state index contributed by atoms with van der Waals surface area (Å²) in [7, 11) is 0. The first-order valence-corrected chi connectivity index (χ1v) is 7.73. The van der Waals surface area contributed by atoms with Crippen molar-refractivity contribution in [2.75, 3.05) is 13.2 Å². The van der Waals surface area contributed by atoms with Gasteiger partial charge in [-0.25, -0.2) is 9.59 Å². The van der Waals surface area contributed by atoms with E-state index in [4.69, 9.17) is 9.84 Å². The zero-order valence-corrected chi connectivity index (χ0v) is 14.6. The fraction of sp³-hybridized carbons (Fsp3) is 0.316. The lowest BCUT2D eigenvalue weighted by molar-refractivity contribution is -0.139. The van der Waals surface area contributed by atoms with Gasteiger partial charge in [0.05, 0.1) is 18.4 Å². The molecule has 1 rings (SSSR count). The number of esters is 2. The molecule has 0 aliphatic carbocycles. The van der Waals surface area contributed by atoms with Gasteiger partial charge >= 0.3 is 11.9 Å². The van der Waals surface area contributed by atoms with Crippen LogP contribution in [0.2, 0.25) is 0 Å². The molecule has 0 aliphatic rings. The van der Waals surface area contributed by atoms with Crippen LogP contribution < -0.4 is 0 Å². The Balaban J connectivity index is 0.000000472. The lowest BCUT2D eigenvalue weighted by Gasteiger charge is -2.02. The lowest BCUT2D eigenvalue weighted by atomic mass is 10.2. The molecule has 0 bridgehead atoms. The molecule has 6 nitrogen and oxygen atoms in total. The molecule has 6 heteroatoms. The maximum Gasteiger partial charge on any atom is 0.342 e. The largest absolute Gasteiger partial charge is 0.462 e. The number of ketones is 1. The van der Waals surface area contributed by atoms with Crippen molar-refractivity contribution >= 4 is 17.7 Å². The van der Waals surface area contributed by atoms with Gasteiger partial charge in [0.1, 0.15) is 5.78 Å². The summed E-state index contributed by atoms with van der Waals surface area (Å²) in [6.07, 6.45) is 3.35. The summed E-state index contributed by atoms with van der Waals surface area (Å²) >= 11 is 0. The molecule has 1 N–H and O–H groups in total. The first-order valence-electron chi connectivity index (χ1n) is 7.73. The van der Waals surface area contributed by atoms with Gasteiger partial charge in [-0.1, -0.05) is 30.9 Å². The van der Waals surface area contributed by atoms with Crippen LogP contribution in [-0.2, 0) is 19.1 Å². The van der Waals surface area contributed by atoms with Crippen LogP contribution in [0.5, 0.6) is 0 Å². The zero-order valence-electron chi connectivity index (χ0n) is 14.6. The normalized spacial score (nSPS) is 10.1. The molecule has 0 heterocycles. The van der Waals surface area contributed by atoms with E-state index in [0.29, 0.717) is 17.6 Å². The average molecular weight is 348 g/mol. The third-order valence-corrected chi connectivity index (χ3v) is 2.75. The minimum absolute atomic E-state index is 0.00346. The smallest absolute Gasteiger partial charge is 0.342 e. The summed E-state index contributed by atoms with van der Waals surface area (Å²) in [5.74, 6) is -0.798. The highest BCUT2D eigenvalue weighted by Gasteiger charge is 2.05. The number of allylic oxidation sites excluding steroid dienone is 1. The first kappa shape index (κ1) is 22.3. The second kappa shape index (κ2) is 13.7. The molecule has 0 saturated heterocycles. The molecule has 0 atom stereocenters. The molecule has 0 aliphatic heterocycles. The van der Waals surface area contributed by atoms with E-state index in [2.05, 4.69) is 11.3 Å². The van der Waals surface area contributed by atoms with Crippen LogP contribution in [0.4, 0.5) is 0 Å². The van der Waals surface area contributed by atoms with Crippen molar-refractivity contribution < 1.29 is 29.0 Å². The number of hydrogen-bond donors (Lipinski definition) is 1. The summed E-state index contributed by atoms with van der Waals surface area (Å²) in [5, 5.41) is 8.44. The van der Waals surface area contributed by atoms with E-state index in [1.54, 1.807) is 37.3 Å². The molecule has 1 aromatic rings. The number of benzene rings is 1. The molecule has 0 saturated carbocycles. The molecule has 1 aromatic carbocycles. The van der Waals surface area contributed by atoms with E-state index in [1.165, 1.54) is 6.92 Å². The molecule has 25 heavy (non-hydrogen) atoms. The Kier molecular flexibility index (Phi) is 12.2. The maximum atomic E-state index is 11.1. The third-order valence-electron chi connectivity index (χ3n) is 2.75. The number of aliphatic hydroxyl groups is 1. The van der Waals surface area contributed by atoms with E-state index in [9.17, 15) is 14.4 Å². The number of rotatable bonds is 8. The Hall–Kier alpha value is -2.73. The highest BCUT2D eigenvalue weighted by Crippen LogP contribution is 2.01. The first-order chi connectivity index (χ1) is 11.9. The van der Waals surface area contributed by atoms with Gasteiger partial charge < -0.3 is 14.6 Å². The predicted molar refractivity (Wildman–Crippen MR) is 93.8 cm³/mol. The molecule has 136 valence electrons. The number of ether oxygens (including phenoxy) is 2. The van der Waals surface area contributed by atoms with Gasteiger partial charge in [0.15, 0.2) is 0 Å². The van der Waals surface area contributed by atoms with Crippen LogP contribution in [-0.4, -0.2) is 36.0 Å². The zero-order chi connectivity index (χ0) is 19.1. The Labute approximate surface area is 147 Å². The minimum Gasteiger partial charge on any atom is -0.462 e. The average Bonchev–Trinajstić information content (AvgIpc) is 2.61. The van der Waals surface area contributed by atoms with Crippen molar-refractivity contribution in [2.45, 2.75) is 26.7 Å². The quantitative estimate of drug-likeness (QED) is 0.336. The number of carbonyl (C=O) groups excluding carboxylic acids is 3. The second-order valence-electron chi connectivity index (χ2n) is 4.94. The topological polar surface area (TPSA) is 89.9 Å². The second-order valence-corrected chi connectivity index (χ2v) is 4.94. The van der Waals surface area contributed by atoms with Crippen LogP contribution in [0, 0.1) is 0 Å². The molecular weight excluding hydrogens is 324 g/mol. The van der Waals surface area contributed by atoms with Crippen molar-refractivity contribution in [1.29, 1.82) is 0 Å². The summed E-state index contributed by atoms with van der Waals surface area (Å²) in [4.78, 5) is 32.7. The van der Waals surface area contributed by atoms with Crippen LogP contribution in [0.25, 0.3) is 0 Å². The number of hydrogen-bond acceptors (Lipinski definition) is 6. The van der Waals surface area contributed by atoms with Crippen molar-refractivity contribution in [3.05, 3.63) is 60.4 Å². The SMILES string of the molecule is C=COC(=O)c1ccccc1.CC(=O)CC=C(C)C(=O)OCCCO. The van der Waals surface area contributed by atoms with Gasteiger partial charge in [0.25, 0.3) is 0 Å². The molecular formula is C19H24O6. The van der Waals surface area contributed by atoms with Crippen LogP contribution >= 0.6 is 0 Å². The van der Waals surface area contributed by atoms with Crippen LogP contribution in [0.3, 0.4) is 0 Å². The van der Waals surface area contributed by atoms with E-state index in [1.807, 2.05) is 6.07 Å². The summed E-state index contributed by atoms with van der Waals surface area (Å²) < 4.78 is 9.35. The predicted octanol–water partition coefficient (Wildman–Crippen LogP) is 2.82. The highest BCUT2D eigenvalue weighted by atomic mass is 16.5.